The minimum absolute atomic E-state index is 0.325. The SMILES string of the molecule is CCOC(=O)C(C)Oc1ccc(N)cc1OC. The molecule has 0 aliphatic rings. The molecule has 0 fully saturated rings. The molecule has 1 unspecified atom stereocenters. The molecule has 0 radical (unpaired) electrons. The molecule has 0 bridgehead atoms. The average Bonchev–Trinajstić information content (AvgIpc) is 2.31. The maximum absolute atomic E-state index is 11.4. The number of nitrogen functional groups attached to an aromatic ring is 1. The van der Waals surface area contributed by atoms with Crippen LogP contribution in [0.4, 0.5) is 5.69 Å². The van der Waals surface area contributed by atoms with Crippen molar-refractivity contribution in [2.75, 3.05) is 19.5 Å². The third-order valence-corrected chi connectivity index (χ3v) is 2.11. The highest BCUT2D eigenvalue weighted by atomic mass is 16.6. The van der Waals surface area contributed by atoms with Crippen LogP contribution in [0, 0.1) is 0 Å². The number of hydrogen-bond acceptors (Lipinski definition) is 5. The predicted octanol–water partition coefficient (Wildman–Crippen LogP) is 1.61. The molecular weight excluding hydrogens is 222 g/mol. The Labute approximate surface area is 100 Å². The molecule has 2 N–H and O–H groups in total. The van der Waals surface area contributed by atoms with Gasteiger partial charge < -0.3 is 19.9 Å². The van der Waals surface area contributed by atoms with Crippen molar-refractivity contribution in [2.45, 2.75) is 20.0 Å². The second kappa shape index (κ2) is 5.98. The predicted molar refractivity (Wildman–Crippen MR) is 64.1 cm³/mol. The van der Waals surface area contributed by atoms with Crippen LogP contribution in [0.3, 0.4) is 0 Å². The maximum atomic E-state index is 11.4. The molecule has 5 nitrogen and oxygen atoms in total. The first-order valence-corrected chi connectivity index (χ1v) is 5.35. The summed E-state index contributed by atoms with van der Waals surface area (Å²) in [7, 11) is 1.51. The molecule has 0 aromatic heterocycles. The summed E-state index contributed by atoms with van der Waals surface area (Å²) in [6.45, 7) is 3.69. The molecule has 0 spiro atoms. The Morgan fingerprint density at radius 3 is 2.71 bits per heavy atom. The van der Waals surface area contributed by atoms with Gasteiger partial charge in [0.15, 0.2) is 17.6 Å². The Bertz CT molecular complexity index is 392. The molecule has 1 atom stereocenters. The second-order valence-electron chi connectivity index (χ2n) is 3.42. The monoisotopic (exact) mass is 239 g/mol. The van der Waals surface area contributed by atoms with Gasteiger partial charge in [0.1, 0.15) is 0 Å². The fourth-order valence-electron chi connectivity index (χ4n) is 1.28. The van der Waals surface area contributed by atoms with Crippen LogP contribution in [-0.2, 0) is 9.53 Å². The van der Waals surface area contributed by atoms with Crippen LogP contribution in [0.1, 0.15) is 13.8 Å². The smallest absolute Gasteiger partial charge is 0.347 e. The molecule has 1 aromatic rings. The summed E-state index contributed by atoms with van der Waals surface area (Å²) in [6.07, 6.45) is -0.688. The van der Waals surface area contributed by atoms with Crippen LogP contribution >= 0.6 is 0 Å². The molecule has 1 aromatic carbocycles. The van der Waals surface area contributed by atoms with Gasteiger partial charge in [-0.3, -0.25) is 0 Å². The summed E-state index contributed by atoms with van der Waals surface area (Å²) in [6, 6.07) is 4.97. The summed E-state index contributed by atoms with van der Waals surface area (Å²) in [4.78, 5) is 11.4. The van der Waals surface area contributed by atoms with Crippen molar-refractivity contribution < 1.29 is 19.0 Å². The van der Waals surface area contributed by atoms with E-state index in [-0.39, 0.29) is 0 Å². The quantitative estimate of drug-likeness (QED) is 0.624. The highest BCUT2D eigenvalue weighted by Crippen LogP contribution is 2.29. The van der Waals surface area contributed by atoms with Gasteiger partial charge in [0.2, 0.25) is 0 Å². The zero-order valence-corrected chi connectivity index (χ0v) is 10.2. The number of hydrogen-bond donors (Lipinski definition) is 1. The lowest BCUT2D eigenvalue weighted by molar-refractivity contribution is -0.150. The molecule has 0 aliphatic heterocycles. The topological polar surface area (TPSA) is 70.8 Å². The number of esters is 1. The molecule has 0 amide bonds. The summed E-state index contributed by atoms with van der Waals surface area (Å²) in [5, 5.41) is 0. The van der Waals surface area contributed by atoms with Crippen LogP contribution in [0.5, 0.6) is 11.5 Å². The lowest BCUT2D eigenvalue weighted by Crippen LogP contribution is -2.26. The van der Waals surface area contributed by atoms with Gasteiger partial charge in [-0.25, -0.2) is 4.79 Å². The van der Waals surface area contributed by atoms with E-state index in [1.807, 2.05) is 0 Å². The van der Waals surface area contributed by atoms with Crippen LogP contribution in [0.25, 0.3) is 0 Å². The first-order valence-electron chi connectivity index (χ1n) is 5.35. The Morgan fingerprint density at radius 1 is 1.41 bits per heavy atom. The molecule has 17 heavy (non-hydrogen) atoms. The van der Waals surface area contributed by atoms with Gasteiger partial charge in [-0.15, -0.1) is 0 Å². The number of ether oxygens (including phenoxy) is 3. The average molecular weight is 239 g/mol. The minimum Gasteiger partial charge on any atom is -0.493 e. The molecule has 0 saturated heterocycles. The van der Waals surface area contributed by atoms with E-state index in [9.17, 15) is 4.79 Å². The van der Waals surface area contributed by atoms with Crippen molar-refractivity contribution in [1.82, 2.24) is 0 Å². The van der Waals surface area contributed by atoms with E-state index in [1.165, 1.54) is 7.11 Å². The second-order valence-corrected chi connectivity index (χ2v) is 3.42. The molecule has 94 valence electrons. The van der Waals surface area contributed by atoms with Crippen LogP contribution in [-0.4, -0.2) is 25.8 Å². The largest absolute Gasteiger partial charge is 0.493 e. The number of nitrogens with two attached hydrogens (primary N) is 1. The minimum atomic E-state index is -0.688. The van der Waals surface area contributed by atoms with Gasteiger partial charge in [-0.05, 0) is 26.0 Å². The van der Waals surface area contributed by atoms with Gasteiger partial charge in [0.05, 0.1) is 13.7 Å². The fourth-order valence-corrected chi connectivity index (χ4v) is 1.28. The number of benzene rings is 1. The highest BCUT2D eigenvalue weighted by Gasteiger charge is 2.17. The summed E-state index contributed by atoms with van der Waals surface area (Å²) < 4.78 is 15.4. The zero-order chi connectivity index (χ0) is 12.8. The Kier molecular flexibility index (Phi) is 4.63. The number of rotatable bonds is 5. The van der Waals surface area contributed by atoms with Crippen LogP contribution in [0.2, 0.25) is 0 Å². The number of anilines is 1. The zero-order valence-electron chi connectivity index (χ0n) is 10.2. The third-order valence-electron chi connectivity index (χ3n) is 2.11. The van der Waals surface area contributed by atoms with Crippen molar-refractivity contribution >= 4 is 11.7 Å². The molecule has 5 heteroatoms. The van der Waals surface area contributed by atoms with Gasteiger partial charge in [-0.1, -0.05) is 0 Å². The standard InChI is InChI=1S/C12H17NO4/c1-4-16-12(14)8(2)17-10-6-5-9(13)7-11(10)15-3/h5-8H,4,13H2,1-3H3. The third kappa shape index (κ3) is 3.55. The van der Waals surface area contributed by atoms with Gasteiger partial charge in [0.25, 0.3) is 0 Å². The van der Waals surface area contributed by atoms with E-state index in [0.717, 1.165) is 0 Å². The van der Waals surface area contributed by atoms with Crippen molar-refractivity contribution in [3.05, 3.63) is 18.2 Å². The number of carbonyl (C=O) groups is 1. The fraction of sp³-hybridized carbons (Fsp3) is 0.417. The molecular formula is C12H17NO4. The first-order chi connectivity index (χ1) is 8.08. The van der Waals surface area contributed by atoms with Crippen LogP contribution in [0.15, 0.2) is 18.2 Å². The number of methoxy groups -OCH3 is 1. The Morgan fingerprint density at radius 2 is 2.12 bits per heavy atom. The highest BCUT2D eigenvalue weighted by molar-refractivity contribution is 5.74. The Balaban J connectivity index is 2.77. The van der Waals surface area contributed by atoms with E-state index in [2.05, 4.69) is 0 Å². The van der Waals surface area contributed by atoms with E-state index < -0.39 is 12.1 Å². The molecule has 1 rings (SSSR count). The van der Waals surface area contributed by atoms with E-state index >= 15 is 0 Å². The first kappa shape index (κ1) is 13.2. The summed E-state index contributed by atoms with van der Waals surface area (Å²) in [5.41, 5.74) is 6.18. The lowest BCUT2D eigenvalue weighted by atomic mass is 10.3. The normalized spacial score (nSPS) is 11.7. The summed E-state index contributed by atoms with van der Waals surface area (Å²) in [5.74, 6) is 0.537. The van der Waals surface area contributed by atoms with Gasteiger partial charge >= 0.3 is 5.97 Å². The van der Waals surface area contributed by atoms with Crippen molar-refractivity contribution in [3.8, 4) is 11.5 Å². The maximum Gasteiger partial charge on any atom is 0.347 e. The van der Waals surface area contributed by atoms with Gasteiger partial charge in [0, 0.05) is 11.8 Å². The molecule has 0 heterocycles. The number of carbonyl (C=O) groups excluding carboxylic acids is 1. The summed E-state index contributed by atoms with van der Waals surface area (Å²) >= 11 is 0. The van der Waals surface area contributed by atoms with Crippen molar-refractivity contribution in [2.24, 2.45) is 0 Å². The van der Waals surface area contributed by atoms with E-state index in [0.29, 0.717) is 23.8 Å². The van der Waals surface area contributed by atoms with Gasteiger partial charge in [-0.2, -0.15) is 0 Å². The van der Waals surface area contributed by atoms with Crippen molar-refractivity contribution in [1.29, 1.82) is 0 Å². The van der Waals surface area contributed by atoms with E-state index in [4.69, 9.17) is 19.9 Å². The van der Waals surface area contributed by atoms with E-state index in [1.54, 1.807) is 32.0 Å². The molecule has 0 saturated carbocycles. The lowest BCUT2D eigenvalue weighted by Gasteiger charge is -2.15. The molecule has 0 aliphatic carbocycles. The van der Waals surface area contributed by atoms with Crippen LogP contribution < -0.4 is 15.2 Å². The Hall–Kier alpha value is -1.91. The van der Waals surface area contributed by atoms with Crippen molar-refractivity contribution in [3.63, 3.8) is 0 Å².